The number of benzene rings is 1. The lowest BCUT2D eigenvalue weighted by Gasteiger charge is -2.31. The lowest BCUT2D eigenvalue weighted by atomic mass is 10.0. The summed E-state index contributed by atoms with van der Waals surface area (Å²) in [5, 5.41) is 3.19. The molecular formula is C17H26ClN3O. The zero-order valence-electron chi connectivity index (χ0n) is 13.2. The summed E-state index contributed by atoms with van der Waals surface area (Å²) in [6.07, 6.45) is 1.07. The molecule has 0 bridgehead atoms. The Bertz CT molecular complexity index is 478. The fourth-order valence-corrected chi connectivity index (χ4v) is 3.10. The molecule has 1 N–H and O–H groups in total. The lowest BCUT2D eigenvalue weighted by Crippen LogP contribution is -2.52. The molecule has 0 aromatic heterocycles. The molecule has 2 fully saturated rings. The summed E-state index contributed by atoms with van der Waals surface area (Å²) >= 11 is 0. The fourth-order valence-electron chi connectivity index (χ4n) is 3.10. The zero-order valence-corrected chi connectivity index (χ0v) is 14.0. The molecule has 0 aliphatic carbocycles. The maximum Gasteiger partial charge on any atom is 0.228 e. The molecule has 4 nitrogen and oxygen atoms in total. The third-order valence-corrected chi connectivity index (χ3v) is 4.77. The molecular weight excluding hydrogens is 298 g/mol. The first-order valence-corrected chi connectivity index (χ1v) is 8.01. The summed E-state index contributed by atoms with van der Waals surface area (Å²) in [4.78, 5) is 17.0. The smallest absolute Gasteiger partial charge is 0.228 e. The van der Waals surface area contributed by atoms with Crippen molar-refractivity contribution in [3.8, 4) is 0 Å². The highest BCUT2D eigenvalue weighted by molar-refractivity contribution is 5.85. The van der Waals surface area contributed by atoms with Crippen LogP contribution in [0.5, 0.6) is 0 Å². The average molecular weight is 324 g/mol. The summed E-state index contributed by atoms with van der Waals surface area (Å²) in [6.45, 7) is 7.73. The van der Waals surface area contributed by atoms with Crippen LogP contribution in [0, 0.1) is 5.92 Å². The first kappa shape index (κ1) is 17.3. The van der Waals surface area contributed by atoms with Crippen LogP contribution in [-0.2, 0) is 11.3 Å². The van der Waals surface area contributed by atoms with Crippen molar-refractivity contribution in [2.24, 2.45) is 5.92 Å². The Labute approximate surface area is 139 Å². The van der Waals surface area contributed by atoms with Crippen LogP contribution in [0.3, 0.4) is 0 Å². The zero-order chi connectivity index (χ0) is 14.7. The number of amides is 1. The molecule has 5 heteroatoms. The third-order valence-electron chi connectivity index (χ3n) is 4.77. The van der Waals surface area contributed by atoms with E-state index in [4.69, 9.17) is 0 Å². The molecule has 1 aromatic carbocycles. The van der Waals surface area contributed by atoms with Gasteiger partial charge >= 0.3 is 0 Å². The van der Waals surface area contributed by atoms with Gasteiger partial charge in [0.15, 0.2) is 0 Å². The van der Waals surface area contributed by atoms with Crippen molar-refractivity contribution in [1.29, 1.82) is 0 Å². The van der Waals surface area contributed by atoms with E-state index >= 15 is 0 Å². The van der Waals surface area contributed by atoms with Gasteiger partial charge in [0.05, 0.1) is 5.92 Å². The van der Waals surface area contributed by atoms with Crippen molar-refractivity contribution in [1.82, 2.24) is 15.1 Å². The topological polar surface area (TPSA) is 35.6 Å². The van der Waals surface area contributed by atoms with E-state index in [1.54, 1.807) is 0 Å². The van der Waals surface area contributed by atoms with E-state index in [1.165, 1.54) is 5.56 Å². The number of carbonyl (C=O) groups is 1. The predicted molar refractivity (Wildman–Crippen MR) is 91.1 cm³/mol. The van der Waals surface area contributed by atoms with E-state index < -0.39 is 0 Å². The second-order valence-electron chi connectivity index (χ2n) is 6.27. The minimum atomic E-state index is 0. The van der Waals surface area contributed by atoms with Crippen molar-refractivity contribution in [2.45, 2.75) is 25.9 Å². The van der Waals surface area contributed by atoms with Crippen molar-refractivity contribution in [3.63, 3.8) is 0 Å². The third kappa shape index (κ3) is 4.00. The number of hydrogen-bond acceptors (Lipinski definition) is 3. The predicted octanol–water partition coefficient (Wildman–Crippen LogP) is 1.75. The van der Waals surface area contributed by atoms with Crippen LogP contribution in [0.2, 0.25) is 0 Å². The monoisotopic (exact) mass is 323 g/mol. The molecule has 122 valence electrons. The molecule has 1 unspecified atom stereocenters. The van der Waals surface area contributed by atoms with E-state index in [0.717, 1.165) is 45.7 Å². The normalized spacial score (nSPS) is 23.3. The van der Waals surface area contributed by atoms with Gasteiger partial charge in [-0.1, -0.05) is 30.3 Å². The SMILES string of the molecule is CC1CCN(C(=O)C2CNC2)CCN1Cc1ccccc1.Cl. The van der Waals surface area contributed by atoms with Gasteiger partial charge in [0.25, 0.3) is 0 Å². The standard InChI is InChI=1S/C17H25N3O.ClH/c1-14-7-8-19(17(21)16-11-18-12-16)9-10-20(14)13-15-5-3-2-4-6-15;/h2-6,14,16,18H,7-13H2,1H3;1H. The van der Waals surface area contributed by atoms with E-state index in [1.807, 2.05) is 0 Å². The number of carbonyl (C=O) groups excluding carboxylic acids is 1. The molecule has 22 heavy (non-hydrogen) atoms. The molecule has 0 spiro atoms. The molecule has 2 aliphatic heterocycles. The van der Waals surface area contributed by atoms with Gasteiger partial charge in [-0.15, -0.1) is 12.4 Å². The van der Waals surface area contributed by atoms with Crippen LogP contribution in [0.1, 0.15) is 18.9 Å². The maximum absolute atomic E-state index is 12.4. The Morgan fingerprint density at radius 2 is 1.91 bits per heavy atom. The van der Waals surface area contributed by atoms with E-state index in [-0.39, 0.29) is 18.3 Å². The first-order valence-electron chi connectivity index (χ1n) is 8.01. The summed E-state index contributed by atoms with van der Waals surface area (Å²) in [5.41, 5.74) is 1.35. The van der Waals surface area contributed by atoms with Crippen LogP contribution in [0.4, 0.5) is 0 Å². The highest BCUT2D eigenvalue weighted by atomic mass is 35.5. The molecule has 1 amide bonds. The molecule has 0 radical (unpaired) electrons. The van der Waals surface area contributed by atoms with Gasteiger partial charge in [-0.25, -0.2) is 0 Å². The Morgan fingerprint density at radius 1 is 1.18 bits per heavy atom. The van der Waals surface area contributed by atoms with Gasteiger partial charge in [-0.3, -0.25) is 9.69 Å². The Kier molecular flexibility index (Phi) is 6.24. The quantitative estimate of drug-likeness (QED) is 0.920. The number of rotatable bonds is 3. The largest absolute Gasteiger partial charge is 0.341 e. The first-order chi connectivity index (χ1) is 10.2. The van der Waals surface area contributed by atoms with Crippen molar-refractivity contribution >= 4 is 18.3 Å². The fraction of sp³-hybridized carbons (Fsp3) is 0.588. The van der Waals surface area contributed by atoms with E-state index in [0.29, 0.717) is 11.9 Å². The van der Waals surface area contributed by atoms with Crippen LogP contribution in [-0.4, -0.2) is 54.5 Å². The van der Waals surface area contributed by atoms with Gasteiger partial charge in [0.1, 0.15) is 0 Å². The summed E-state index contributed by atoms with van der Waals surface area (Å²) < 4.78 is 0. The molecule has 3 rings (SSSR count). The maximum atomic E-state index is 12.4. The number of hydrogen-bond donors (Lipinski definition) is 1. The van der Waals surface area contributed by atoms with Gasteiger partial charge in [-0.05, 0) is 18.9 Å². The van der Waals surface area contributed by atoms with Gasteiger partial charge in [0.2, 0.25) is 5.91 Å². The number of nitrogens with one attached hydrogen (secondary N) is 1. The molecule has 2 aliphatic rings. The van der Waals surface area contributed by atoms with Gasteiger partial charge in [-0.2, -0.15) is 0 Å². The van der Waals surface area contributed by atoms with Crippen LogP contribution >= 0.6 is 12.4 Å². The molecule has 0 saturated carbocycles. The summed E-state index contributed by atoms with van der Waals surface area (Å²) in [7, 11) is 0. The van der Waals surface area contributed by atoms with E-state index in [9.17, 15) is 4.79 Å². The van der Waals surface area contributed by atoms with Crippen molar-refractivity contribution in [3.05, 3.63) is 35.9 Å². The molecule has 1 aromatic rings. The van der Waals surface area contributed by atoms with Crippen LogP contribution < -0.4 is 5.32 Å². The summed E-state index contributed by atoms with van der Waals surface area (Å²) in [6, 6.07) is 11.1. The highest BCUT2D eigenvalue weighted by Gasteiger charge is 2.31. The Morgan fingerprint density at radius 3 is 2.55 bits per heavy atom. The van der Waals surface area contributed by atoms with Gasteiger partial charge in [0, 0.05) is 45.3 Å². The van der Waals surface area contributed by atoms with Crippen LogP contribution in [0.25, 0.3) is 0 Å². The number of nitrogens with zero attached hydrogens (tertiary/aromatic N) is 2. The van der Waals surface area contributed by atoms with Gasteiger partial charge < -0.3 is 10.2 Å². The van der Waals surface area contributed by atoms with Crippen molar-refractivity contribution < 1.29 is 4.79 Å². The number of halogens is 1. The minimum absolute atomic E-state index is 0. The summed E-state index contributed by atoms with van der Waals surface area (Å²) in [5.74, 6) is 0.573. The average Bonchev–Trinajstić information content (AvgIpc) is 2.61. The lowest BCUT2D eigenvalue weighted by molar-refractivity contribution is -0.136. The van der Waals surface area contributed by atoms with E-state index in [2.05, 4.69) is 52.4 Å². The van der Waals surface area contributed by atoms with Crippen LogP contribution in [0.15, 0.2) is 30.3 Å². The second-order valence-corrected chi connectivity index (χ2v) is 6.27. The molecule has 1 atom stereocenters. The second kappa shape index (κ2) is 7.95. The van der Waals surface area contributed by atoms with Crippen molar-refractivity contribution in [2.75, 3.05) is 32.7 Å². The molecule has 2 heterocycles. The molecule has 2 saturated heterocycles. The Balaban J connectivity index is 0.00000176. The highest BCUT2D eigenvalue weighted by Crippen LogP contribution is 2.17. The minimum Gasteiger partial charge on any atom is -0.341 e. The Hall–Kier alpha value is -1.10.